The maximum atomic E-state index is 11.2. The van der Waals surface area contributed by atoms with E-state index in [2.05, 4.69) is 23.8 Å². The van der Waals surface area contributed by atoms with Gasteiger partial charge in [0.1, 0.15) is 0 Å². The second-order valence-corrected chi connectivity index (χ2v) is 3.34. The second kappa shape index (κ2) is 4.80. The molecule has 1 atom stereocenters. The molecule has 76 valence electrons. The Hall–Kier alpha value is -1.31. The highest BCUT2D eigenvalue weighted by atomic mass is 16.5. The SMILES string of the molecule is CCc1ccc(C(C)C(=O)OC)cc1. The average molecular weight is 192 g/mol. The first-order chi connectivity index (χ1) is 6.69. The van der Waals surface area contributed by atoms with Crippen LogP contribution in [0, 0.1) is 0 Å². The van der Waals surface area contributed by atoms with Crippen LogP contribution in [0.2, 0.25) is 0 Å². The third-order valence-electron chi connectivity index (χ3n) is 2.44. The molecule has 0 aliphatic carbocycles. The second-order valence-electron chi connectivity index (χ2n) is 3.34. The van der Waals surface area contributed by atoms with E-state index in [-0.39, 0.29) is 11.9 Å². The maximum absolute atomic E-state index is 11.2. The number of hydrogen-bond acceptors (Lipinski definition) is 2. The van der Waals surface area contributed by atoms with Crippen molar-refractivity contribution in [2.75, 3.05) is 7.11 Å². The van der Waals surface area contributed by atoms with Gasteiger partial charge in [-0.05, 0) is 24.5 Å². The Morgan fingerprint density at radius 1 is 1.36 bits per heavy atom. The Balaban J connectivity index is 2.81. The number of esters is 1. The number of rotatable bonds is 3. The molecule has 1 aromatic carbocycles. The molecule has 2 heteroatoms. The number of methoxy groups -OCH3 is 1. The minimum atomic E-state index is -0.186. The molecule has 0 amide bonds. The van der Waals surface area contributed by atoms with E-state index < -0.39 is 0 Å². The van der Waals surface area contributed by atoms with E-state index in [1.54, 1.807) is 0 Å². The van der Waals surface area contributed by atoms with Crippen LogP contribution in [0.25, 0.3) is 0 Å². The van der Waals surface area contributed by atoms with Crippen molar-refractivity contribution >= 4 is 5.97 Å². The number of hydrogen-bond donors (Lipinski definition) is 0. The van der Waals surface area contributed by atoms with Crippen LogP contribution >= 0.6 is 0 Å². The van der Waals surface area contributed by atoms with E-state index in [4.69, 9.17) is 0 Å². The van der Waals surface area contributed by atoms with E-state index in [0.29, 0.717) is 0 Å². The van der Waals surface area contributed by atoms with Crippen LogP contribution in [0.3, 0.4) is 0 Å². The summed E-state index contributed by atoms with van der Waals surface area (Å²) in [7, 11) is 1.42. The van der Waals surface area contributed by atoms with Gasteiger partial charge >= 0.3 is 5.97 Å². The smallest absolute Gasteiger partial charge is 0.312 e. The molecular formula is C12H16O2. The first kappa shape index (κ1) is 10.8. The maximum Gasteiger partial charge on any atom is 0.312 e. The van der Waals surface area contributed by atoms with Gasteiger partial charge in [-0.3, -0.25) is 4.79 Å². The topological polar surface area (TPSA) is 26.3 Å². The summed E-state index contributed by atoms with van der Waals surface area (Å²) in [5.74, 6) is -0.361. The van der Waals surface area contributed by atoms with Crippen molar-refractivity contribution < 1.29 is 9.53 Å². The van der Waals surface area contributed by atoms with Crippen molar-refractivity contribution in [3.63, 3.8) is 0 Å². The molecule has 0 N–H and O–H groups in total. The molecule has 0 aromatic heterocycles. The molecule has 0 bridgehead atoms. The molecule has 0 saturated carbocycles. The van der Waals surface area contributed by atoms with Gasteiger partial charge in [0.05, 0.1) is 13.0 Å². The van der Waals surface area contributed by atoms with Crippen molar-refractivity contribution in [1.82, 2.24) is 0 Å². The summed E-state index contributed by atoms with van der Waals surface area (Å²) >= 11 is 0. The first-order valence-electron chi connectivity index (χ1n) is 4.85. The van der Waals surface area contributed by atoms with E-state index in [1.807, 2.05) is 19.1 Å². The largest absolute Gasteiger partial charge is 0.469 e. The van der Waals surface area contributed by atoms with E-state index in [1.165, 1.54) is 12.7 Å². The van der Waals surface area contributed by atoms with Crippen LogP contribution in [-0.4, -0.2) is 13.1 Å². The van der Waals surface area contributed by atoms with E-state index >= 15 is 0 Å². The zero-order chi connectivity index (χ0) is 10.6. The molecule has 2 nitrogen and oxygen atoms in total. The highest BCUT2D eigenvalue weighted by molar-refractivity contribution is 5.77. The standard InChI is InChI=1S/C12H16O2/c1-4-10-5-7-11(8-6-10)9(2)12(13)14-3/h5-9H,4H2,1-3H3. The summed E-state index contributed by atoms with van der Waals surface area (Å²) in [5.41, 5.74) is 2.29. The quantitative estimate of drug-likeness (QED) is 0.688. The fourth-order valence-corrected chi connectivity index (χ4v) is 1.35. The van der Waals surface area contributed by atoms with Crippen molar-refractivity contribution in [3.8, 4) is 0 Å². The van der Waals surface area contributed by atoms with Gasteiger partial charge in [-0.1, -0.05) is 31.2 Å². The molecule has 0 spiro atoms. The van der Waals surface area contributed by atoms with Crippen LogP contribution in [0.1, 0.15) is 30.9 Å². The van der Waals surface area contributed by atoms with Crippen LogP contribution in [0.4, 0.5) is 0 Å². The summed E-state index contributed by atoms with van der Waals surface area (Å²) in [6, 6.07) is 8.07. The lowest BCUT2D eigenvalue weighted by Crippen LogP contribution is -2.10. The Bertz CT molecular complexity index is 301. The normalized spacial score (nSPS) is 12.2. The minimum absolute atomic E-state index is 0.175. The lowest BCUT2D eigenvalue weighted by molar-refractivity contribution is -0.141. The molecule has 0 heterocycles. The summed E-state index contributed by atoms with van der Waals surface area (Å²) in [6.45, 7) is 3.96. The molecule has 0 radical (unpaired) electrons. The van der Waals surface area contributed by atoms with Gasteiger partial charge in [0.25, 0.3) is 0 Å². The lowest BCUT2D eigenvalue weighted by Gasteiger charge is -2.09. The van der Waals surface area contributed by atoms with Gasteiger partial charge < -0.3 is 4.74 Å². The fourth-order valence-electron chi connectivity index (χ4n) is 1.35. The van der Waals surface area contributed by atoms with E-state index in [0.717, 1.165) is 12.0 Å². The third-order valence-corrected chi connectivity index (χ3v) is 2.44. The monoisotopic (exact) mass is 192 g/mol. The minimum Gasteiger partial charge on any atom is -0.469 e. The van der Waals surface area contributed by atoms with Gasteiger partial charge in [0.2, 0.25) is 0 Å². The van der Waals surface area contributed by atoms with Crippen LogP contribution in [0.15, 0.2) is 24.3 Å². The van der Waals surface area contributed by atoms with Gasteiger partial charge in [0.15, 0.2) is 0 Å². The summed E-state index contributed by atoms with van der Waals surface area (Å²) in [4.78, 5) is 11.2. The Morgan fingerprint density at radius 2 is 1.93 bits per heavy atom. The number of benzene rings is 1. The molecule has 1 aromatic rings. The molecule has 14 heavy (non-hydrogen) atoms. The lowest BCUT2D eigenvalue weighted by atomic mass is 9.99. The number of ether oxygens (including phenoxy) is 1. The average Bonchev–Trinajstić information content (AvgIpc) is 2.27. The van der Waals surface area contributed by atoms with Gasteiger partial charge in [0, 0.05) is 0 Å². The molecular weight excluding hydrogens is 176 g/mol. The Labute approximate surface area is 84.9 Å². The molecule has 0 fully saturated rings. The predicted molar refractivity (Wildman–Crippen MR) is 56.3 cm³/mol. The molecule has 0 aliphatic rings. The zero-order valence-corrected chi connectivity index (χ0v) is 8.91. The van der Waals surface area contributed by atoms with Crippen molar-refractivity contribution in [2.24, 2.45) is 0 Å². The first-order valence-corrected chi connectivity index (χ1v) is 4.85. The molecule has 0 aliphatic heterocycles. The molecule has 1 unspecified atom stereocenters. The van der Waals surface area contributed by atoms with Crippen LogP contribution in [-0.2, 0) is 16.0 Å². The van der Waals surface area contributed by atoms with E-state index in [9.17, 15) is 4.79 Å². The fraction of sp³-hybridized carbons (Fsp3) is 0.417. The summed E-state index contributed by atoms with van der Waals surface area (Å²) < 4.78 is 4.68. The number of carbonyl (C=O) groups excluding carboxylic acids is 1. The summed E-state index contributed by atoms with van der Waals surface area (Å²) in [6.07, 6.45) is 1.02. The highest BCUT2D eigenvalue weighted by Gasteiger charge is 2.14. The number of aryl methyl sites for hydroxylation is 1. The summed E-state index contributed by atoms with van der Waals surface area (Å²) in [5, 5.41) is 0. The van der Waals surface area contributed by atoms with Gasteiger partial charge in [-0.25, -0.2) is 0 Å². The highest BCUT2D eigenvalue weighted by Crippen LogP contribution is 2.17. The van der Waals surface area contributed by atoms with Gasteiger partial charge in [-0.15, -0.1) is 0 Å². The zero-order valence-electron chi connectivity index (χ0n) is 8.91. The number of carbonyl (C=O) groups is 1. The predicted octanol–water partition coefficient (Wildman–Crippen LogP) is 2.53. The van der Waals surface area contributed by atoms with Crippen molar-refractivity contribution in [1.29, 1.82) is 0 Å². The molecule has 1 rings (SSSR count). The van der Waals surface area contributed by atoms with Crippen molar-refractivity contribution in [3.05, 3.63) is 35.4 Å². The Kier molecular flexibility index (Phi) is 3.69. The van der Waals surface area contributed by atoms with Gasteiger partial charge in [-0.2, -0.15) is 0 Å². The third kappa shape index (κ3) is 2.34. The van der Waals surface area contributed by atoms with Crippen molar-refractivity contribution in [2.45, 2.75) is 26.2 Å². The molecule has 0 saturated heterocycles. The Morgan fingerprint density at radius 3 is 2.36 bits per heavy atom. The van der Waals surface area contributed by atoms with Crippen LogP contribution in [0.5, 0.6) is 0 Å². The van der Waals surface area contributed by atoms with Crippen LogP contribution < -0.4 is 0 Å².